The molecule has 2 amide bonds. The fourth-order valence-electron chi connectivity index (χ4n) is 3.05. The van der Waals surface area contributed by atoms with E-state index in [1.165, 1.54) is 17.9 Å². The summed E-state index contributed by atoms with van der Waals surface area (Å²) in [6.45, 7) is 0.449. The molecule has 13 nitrogen and oxygen atoms in total. The molecule has 176 valence electrons. The van der Waals surface area contributed by atoms with Crippen molar-refractivity contribution in [3.05, 3.63) is 51.4 Å². The van der Waals surface area contributed by atoms with Crippen molar-refractivity contribution in [1.82, 2.24) is 34.7 Å². The molecule has 0 unspecified atom stereocenters. The van der Waals surface area contributed by atoms with Crippen molar-refractivity contribution in [3.63, 3.8) is 0 Å². The number of hydrogen-bond acceptors (Lipinski definition) is 7. The van der Waals surface area contributed by atoms with E-state index in [9.17, 15) is 32.9 Å². The van der Waals surface area contributed by atoms with Gasteiger partial charge in [-0.25, -0.2) is 0 Å². The number of anilines is 1. The van der Waals surface area contributed by atoms with Crippen LogP contribution in [-0.4, -0.2) is 46.1 Å². The molecular formula is C17H18F3N9O4. The molecule has 0 spiro atoms. The van der Waals surface area contributed by atoms with Crippen LogP contribution in [0.4, 0.5) is 24.5 Å². The maximum Gasteiger partial charge on any atom is 0.442 e. The Bertz CT molecular complexity index is 1230. The van der Waals surface area contributed by atoms with Gasteiger partial charge in [0, 0.05) is 32.4 Å². The second kappa shape index (κ2) is 8.71. The summed E-state index contributed by atoms with van der Waals surface area (Å²) in [5.41, 5.74) is -2.65. The lowest BCUT2D eigenvalue weighted by Crippen LogP contribution is -2.27. The Kier molecular flexibility index (Phi) is 6.19. The van der Waals surface area contributed by atoms with Crippen molar-refractivity contribution >= 4 is 23.2 Å². The van der Waals surface area contributed by atoms with Crippen LogP contribution in [-0.2, 0) is 38.2 Å². The van der Waals surface area contributed by atoms with Gasteiger partial charge in [-0.2, -0.15) is 28.5 Å². The molecule has 3 aromatic heterocycles. The fraction of sp³-hybridized carbons (Fsp3) is 0.353. The predicted molar refractivity (Wildman–Crippen MR) is 105 cm³/mol. The SMILES string of the molecule is Cc1c([N+](=O)[O-])c(C(F)(F)F)nn1CC(=O)Nc1cnn(C)c1C(=O)NCc1cnn(C)c1. The van der Waals surface area contributed by atoms with Gasteiger partial charge in [0.2, 0.25) is 11.6 Å². The van der Waals surface area contributed by atoms with Gasteiger partial charge in [-0.1, -0.05) is 0 Å². The van der Waals surface area contributed by atoms with E-state index in [0.29, 0.717) is 4.68 Å². The first-order chi connectivity index (χ1) is 15.4. The third kappa shape index (κ3) is 4.99. The number of hydrogen-bond donors (Lipinski definition) is 2. The van der Waals surface area contributed by atoms with Crippen LogP contribution in [0.3, 0.4) is 0 Å². The number of rotatable bonds is 7. The minimum absolute atomic E-state index is 0.00143. The largest absolute Gasteiger partial charge is 0.442 e. The minimum atomic E-state index is -5.07. The highest BCUT2D eigenvalue weighted by molar-refractivity contribution is 6.02. The van der Waals surface area contributed by atoms with Gasteiger partial charge in [-0.05, 0) is 6.92 Å². The zero-order chi connectivity index (χ0) is 24.5. The molecule has 3 rings (SSSR count). The second-order valence-corrected chi connectivity index (χ2v) is 6.98. The van der Waals surface area contributed by atoms with E-state index in [4.69, 9.17) is 0 Å². The van der Waals surface area contributed by atoms with Gasteiger partial charge in [-0.3, -0.25) is 33.7 Å². The number of amides is 2. The Hall–Kier alpha value is -4.24. The molecule has 0 fully saturated rings. The normalized spacial score (nSPS) is 11.5. The van der Waals surface area contributed by atoms with Crippen LogP contribution in [0.2, 0.25) is 0 Å². The molecule has 0 saturated carbocycles. The Morgan fingerprint density at radius 3 is 2.45 bits per heavy atom. The highest BCUT2D eigenvalue weighted by Gasteiger charge is 2.44. The van der Waals surface area contributed by atoms with Crippen LogP contribution in [0.5, 0.6) is 0 Å². The molecule has 2 N–H and O–H groups in total. The predicted octanol–water partition coefficient (Wildman–Crippen LogP) is 1.15. The van der Waals surface area contributed by atoms with Crippen LogP contribution in [0.1, 0.15) is 27.4 Å². The van der Waals surface area contributed by atoms with Crippen LogP contribution < -0.4 is 10.6 Å². The molecule has 3 aromatic rings. The lowest BCUT2D eigenvalue weighted by molar-refractivity contribution is -0.388. The molecule has 33 heavy (non-hydrogen) atoms. The van der Waals surface area contributed by atoms with Crippen LogP contribution in [0.25, 0.3) is 0 Å². The molecule has 0 bridgehead atoms. The smallest absolute Gasteiger partial charge is 0.346 e. The number of alkyl halides is 3. The highest BCUT2D eigenvalue weighted by Crippen LogP contribution is 2.36. The first-order valence-corrected chi connectivity index (χ1v) is 9.25. The lowest BCUT2D eigenvalue weighted by Gasteiger charge is -2.09. The van der Waals surface area contributed by atoms with Crippen molar-refractivity contribution in [2.24, 2.45) is 14.1 Å². The van der Waals surface area contributed by atoms with E-state index in [2.05, 4.69) is 25.9 Å². The summed E-state index contributed by atoms with van der Waals surface area (Å²) < 4.78 is 42.6. The summed E-state index contributed by atoms with van der Waals surface area (Å²) in [6, 6.07) is 0. The van der Waals surface area contributed by atoms with Crippen LogP contribution in [0.15, 0.2) is 18.6 Å². The summed E-state index contributed by atoms with van der Waals surface area (Å²) >= 11 is 0. The Balaban J connectivity index is 1.75. The monoisotopic (exact) mass is 469 g/mol. The van der Waals surface area contributed by atoms with Crippen molar-refractivity contribution in [2.45, 2.75) is 26.2 Å². The second-order valence-electron chi connectivity index (χ2n) is 6.98. The quantitative estimate of drug-likeness (QED) is 0.389. The van der Waals surface area contributed by atoms with E-state index in [1.807, 2.05) is 0 Å². The zero-order valence-corrected chi connectivity index (χ0v) is 17.5. The van der Waals surface area contributed by atoms with Crippen molar-refractivity contribution in [3.8, 4) is 0 Å². The number of nitrogens with one attached hydrogen (secondary N) is 2. The van der Waals surface area contributed by atoms with Gasteiger partial charge >= 0.3 is 11.9 Å². The molecule has 0 aromatic carbocycles. The number of halogens is 3. The van der Waals surface area contributed by atoms with E-state index in [0.717, 1.165) is 12.5 Å². The van der Waals surface area contributed by atoms with Crippen LogP contribution >= 0.6 is 0 Å². The number of aromatic nitrogens is 6. The van der Waals surface area contributed by atoms with E-state index in [1.54, 1.807) is 24.1 Å². The van der Waals surface area contributed by atoms with Crippen molar-refractivity contribution in [2.75, 3.05) is 5.32 Å². The highest BCUT2D eigenvalue weighted by atomic mass is 19.4. The summed E-state index contributed by atoms with van der Waals surface area (Å²) in [7, 11) is 3.18. The summed E-state index contributed by atoms with van der Waals surface area (Å²) in [5, 5.41) is 27.2. The molecule has 16 heteroatoms. The summed E-state index contributed by atoms with van der Waals surface area (Å²) in [4.78, 5) is 34.9. The first kappa shape index (κ1) is 23.4. The average Bonchev–Trinajstić information content (AvgIpc) is 3.37. The third-order valence-corrected chi connectivity index (χ3v) is 4.56. The number of carbonyl (C=O) groups excluding carboxylic acids is 2. The Morgan fingerprint density at radius 2 is 1.91 bits per heavy atom. The van der Waals surface area contributed by atoms with Gasteiger partial charge in [0.25, 0.3) is 5.91 Å². The lowest BCUT2D eigenvalue weighted by atomic mass is 10.3. The number of nitro groups is 1. The number of nitrogens with zero attached hydrogens (tertiary/aromatic N) is 7. The van der Waals surface area contributed by atoms with Gasteiger partial charge in [0.05, 0.1) is 23.0 Å². The van der Waals surface area contributed by atoms with E-state index in [-0.39, 0.29) is 17.9 Å². The molecule has 0 aliphatic carbocycles. The van der Waals surface area contributed by atoms with Gasteiger partial charge in [-0.15, -0.1) is 0 Å². The van der Waals surface area contributed by atoms with Gasteiger partial charge in [0.15, 0.2) is 0 Å². The fourth-order valence-corrected chi connectivity index (χ4v) is 3.05. The zero-order valence-electron chi connectivity index (χ0n) is 17.5. The van der Waals surface area contributed by atoms with E-state index < -0.39 is 46.5 Å². The molecule has 0 atom stereocenters. The molecule has 0 saturated heterocycles. The first-order valence-electron chi connectivity index (χ1n) is 9.25. The van der Waals surface area contributed by atoms with Crippen LogP contribution in [0, 0.1) is 17.0 Å². The minimum Gasteiger partial charge on any atom is -0.346 e. The molecular weight excluding hydrogens is 451 g/mol. The summed E-state index contributed by atoms with van der Waals surface area (Å²) in [5.74, 6) is -1.43. The molecule has 0 aliphatic rings. The third-order valence-electron chi connectivity index (χ3n) is 4.56. The standard InChI is InChI=1S/C17H18F3N9O4/c1-9-13(29(32)33)15(17(18,19)20)25-28(9)8-12(30)24-11-6-23-27(3)14(11)16(31)21-4-10-5-22-26(2)7-10/h5-7H,4,8H2,1-3H3,(H,21,31)(H,24,30). The Labute approximate surface area is 183 Å². The topological polar surface area (TPSA) is 155 Å². The van der Waals surface area contributed by atoms with Crippen molar-refractivity contribution in [1.29, 1.82) is 0 Å². The maximum absolute atomic E-state index is 13.1. The van der Waals surface area contributed by atoms with E-state index >= 15 is 0 Å². The Morgan fingerprint density at radius 1 is 1.21 bits per heavy atom. The molecule has 0 aliphatic heterocycles. The number of carbonyl (C=O) groups is 2. The number of aryl methyl sites for hydroxylation is 2. The van der Waals surface area contributed by atoms with Gasteiger partial charge < -0.3 is 10.6 Å². The summed E-state index contributed by atoms with van der Waals surface area (Å²) in [6.07, 6.45) is -0.617. The van der Waals surface area contributed by atoms with Crippen molar-refractivity contribution < 1.29 is 27.7 Å². The average molecular weight is 469 g/mol. The molecule has 3 heterocycles. The maximum atomic E-state index is 13.1. The van der Waals surface area contributed by atoms with Gasteiger partial charge in [0.1, 0.15) is 17.9 Å². The molecule has 0 radical (unpaired) electrons.